The molecule has 0 radical (unpaired) electrons. The summed E-state index contributed by atoms with van der Waals surface area (Å²) in [6.07, 6.45) is 0. The van der Waals surface area contributed by atoms with Gasteiger partial charge in [-0.3, -0.25) is 0 Å². The number of aromatic nitrogens is 1. The first-order chi connectivity index (χ1) is 28.8. The number of hydrogen-bond acceptors (Lipinski definition) is 3. The zero-order valence-corrected chi connectivity index (χ0v) is 32.2. The molecule has 3 heterocycles. The minimum Gasteiger partial charge on any atom is -0.456 e. The van der Waals surface area contributed by atoms with Crippen LogP contribution in [0.3, 0.4) is 0 Å². The van der Waals surface area contributed by atoms with E-state index in [1.54, 1.807) is 0 Å². The summed E-state index contributed by atoms with van der Waals surface area (Å²) >= 11 is 1.86. The van der Waals surface area contributed by atoms with Gasteiger partial charge in [0.25, 0.3) is 0 Å². The van der Waals surface area contributed by atoms with Crippen LogP contribution in [0, 0.1) is 0 Å². The predicted molar refractivity (Wildman–Crippen MR) is 247 cm³/mol. The van der Waals surface area contributed by atoms with Gasteiger partial charge in [-0.15, -0.1) is 11.3 Å². The highest BCUT2D eigenvalue weighted by atomic mass is 32.1. The third kappa shape index (κ3) is 5.12. The molecule has 0 aliphatic heterocycles. The number of anilines is 3. The molecule has 9 aromatic carbocycles. The van der Waals surface area contributed by atoms with Gasteiger partial charge < -0.3 is 13.9 Å². The van der Waals surface area contributed by atoms with Crippen molar-refractivity contribution < 1.29 is 4.42 Å². The number of fused-ring (bicyclic) bond motifs is 9. The molecule has 4 heteroatoms. The molecule has 0 spiro atoms. The Morgan fingerprint density at radius 1 is 0.379 bits per heavy atom. The highest BCUT2D eigenvalue weighted by Crippen LogP contribution is 2.49. The predicted octanol–water partition coefficient (Wildman–Crippen LogP) is 15.9. The molecule has 3 aromatic heterocycles. The number of benzene rings is 9. The molecule has 272 valence electrons. The van der Waals surface area contributed by atoms with Crippen molar-refractivity contribution in [1.82, 2.24) is 4.57 Å². The Kier molecular flexibility index (Phi) is 7.40. The second kappa shape index (κ2) is 13.1. The van der Waals surface area contributed by atoms with E-state index in [9.17, 15) is 0 Å². The van der Waals surface area contributed by atoms with Gasteiger partial charge in [-0.1, -0.05) is 127 Å². The lowest BCUT2D eigenvalue weighted by Crippen LogP contribution is -2.09. The molecule has 0 aliphatic rings. The Hall–Kier alpha value is -7.40. The summed E-state index contributed by atoms with van der Waals surface area (Å²) in [5, 5.41) is 7.22. The van der Waals surface area contributed by atoms with E-state index in [0.717, 1.165) is 55.7 Å². The standard InChI is InChI=1S/C54H34N2OS/c1-4-14-35(15-5-1)36-24-27-40(28-25-36)55(38-16-6-2-7-17-38)41-29-31-46-45(33-41)53-47(56(46)39-18-8-3-9-19-39)34-49-54(44-21-10-12-22-48(44)57-49)52(53)37-26-30-43-42-20-11-13-23-50(42)58-51(43)32-37/h1-34H. The molecule has 0 aliphatic carbocycles. The minimum atomic E-state index is 0.879. The van der Waals surface area contributed by atoms with Gasteiger partial charge in [0.2, 0.25) is 0 Å². The van der Waals surface area contributed by atoms with Crippen molar-refractivity contribution in [1.29, 1.82) is 0 Å². The van der Waals surface area contributed by atoms with Crippen molar-refractivity contribution >= 4 is 92.3 Å². The molecule has 58 heavy (non-hydrogen) atoms. The zero-order valence-electron chi connectivity index (χ0n) is 31.3. The fourth-order valence-corrected chi connectivity index (χ4v) is 10.1. The first kappa shape index (κ1) is 32.8. The average Bonchev–Trinajstić information content (AvgIpc) is 3.96. The van der Waals surface area contributed by atoms with E-state index in [2.05, 4.69) is 216 Å². The third-order valence-corrected chi connectivity index (χ3v) is 12.7. The number of furan rings is 1. The Labute approximate surface area is 338 Å². The Balaban J connectivity index is 1.18. The minimum absolute atomic E-state index is 0.879. The lowest BCUT2D eigenvalue weighted by Gasteiger charge is -2.26. The SMILES string of the molecule is c1ccc(-c2ccc(N(c3ccccc3)c3ccc4c(c3)c3c(-c5ccc6c(c5)sc5ccccc56)c5c(cc3n4-c3ccccc3)oc3ccccc35)cc2)cc1. The largest absolute Gasteiger partial charge is 0.456 e. The lowest BCUT2D eigenvalue weighted by atomic mass is 9.93. The molecule has 0 fully saturated rings. The Morgan fingerprint density at radius 3 is 1.81 bits per heavy atom. The van der Waals surface area contributed by atoms with Crippen LogP contribution in [0.4, 0.5) is 17.1 Å². The maximum atomic E-state index is 6.75. The number of hydrogen-bond donors (Lipinski definition) is 0. The summed E-state index contributed by atoms with van der Waals surface area (Å²) < 4.78 is 11.7. The molecule has 12 aromatic rings. The van der Waals surface area contributed by atoms with Gasteiger partial charge in [-0.2, -0.15) is 0 Å². The zero-order chi connectivity index (χ0) is 38.2. The van der Waals surface area contributed by atoms with Crippen molar-refractivity contribution in [2.24, 2.45) is 0 Å². The van der Waals surface area contributed by atoms with E-state index < -0.39 is 0 Å². The molecule has 12 rings (SSSR count). The number of thiophene rings is 1. The van der Waals surface area contributed by atoms with E-state index in [0.29, 0.717) is 0 Å². The summed E-state index contributed by atoms with van der Waals surface area (Å²) in [7, 11) is 0. The van der Waals surface area contributed by atoms with Gasteiger partial charge in [-0.25, -0.2) is 0 Å². The van der Waals surface area contributed by atoms with E-state index in [-0.39, 0.29) is 0 Å². The van der Waals surface area contributed by atoms with Crippen LogP contribution in [-0.2, 0) is 0 Å². The second-order valence-corrected chi connectivity index (χ2v) is 16.0. The van der Waals surface area contributed by atoms with Crippen LogP contribution in [0.5, 0.6) is 0 Å². The van der Waals surface area contributed by atoms with Crippen LogP contribution in [0.1, 0.15) is 0 Å². The van der Waals surface area contributed by atoms with Crippen LogP contribution in [0.15, 0.2) is 211 Å². The molecule has 0 atom stereocenters. The van der Waals surface area contributed by atoms with E-state index in [4.69, 9.17) is 4.42 Å². The summed E-state index contributed by atoms with van der Waals surface area (Å²) in [6.45, 7) is 0. The van der Waals surface area contributed by atoms with E-state index >= 15 is 0 Å². The summed E-state index contributed by atoms with van der Waals surface area (Å²) in [5.74, 6) is 0. The molecule has 3 nitrogen and oxygen atoms in total. The number of para-hydroxylation sites is 3. The van der Waals surface area contributed by atoms with Gasteiger partial charge in [0, 0.05) is 76.1 Å². The topological polar surface area (TPSA) is 21.3 Å². The van der Waals surface area contributed by atoms with E-state index in [1.807, 2.05) is 11.3 Å². The molecular weight excluding hydrogens is 725 g/mol. The molecule has 0 saturated carbocycles. The fraction of sp³-hybridized carbons (Fsp3) is 0. The van der Waals surface area contributed by atoms with Gasteiger partial charge in [0.05, 0.1) is 11.0 Å². The van der Waals surface area contributed by atoms with Gasteiger partial charge in [0.1, 0.15) is 11.2 Å². The third-order valence-electron chi connectivity index (χ3n) is 11.6. The van der Waals surface area contributed by atoms with E-state index in [1.165, 1.54) is 53.2 Å². The first-order valence-corrected chi connectivity index (χ1v) is 20.5. The highest BCUT2D eigenvalue weighted by molar-refractivity contribution is 7.25. The van der Waals surface area contributed by atoms with Gasteiger partial charge in [-0.05, 0) is 89.5 Å². The molecule has 0 bridgehead atoms. The number of nitrogens with zero attached hydrogens (tertiary/aromatic N) is 2. The molecular formula is C54H34N2OS. The maximum Gasteiger partial charge on any atom is 0.138 e. The molecule has 0 saturated heterocycles. The maximum absolute atomic E-state index is 6.75. The van der Waals surface area contributed by atoms with Crippen LogP contribution < -0.4 is 4.90 Å². The Morgan fingerprint density at radius 2 is 1.00 bits per heavy atom. The van der Waals surface area contributed by atoms with Crippen molar-refractivity contribution in [2.45, 2.75) is 0 Å². The van der Waals surface area contributed by atoms with Crippen LogP contribution in [0.25, 0.3) is 91.9 Å². The summed E-state index contributed by atoms with van der Waals surface area (Å²) in [6, 6.07) is 74.3. The second-order valence-electron chi connectivity index (χ2n) is 14.9. The van der Waals surface area contributed by atoms with Gasteiger partial charge >= 0.3 is 0 Å². The van der Waals surface area contributed by atoms with Crippen molar-refractivity contribution in [3.8, 4) is 27.9 Å². The van der Waals surface area contributed by atoms with Crippen molar-refractivity contribution in [3.05, 3.63) is 206 Å². The van der Waals surface area contributed by atoms with Crippen LogP contribution in [-0.4, -0.2) is 4.57 Å². The monoisotopic (exact) mass is 758 g/mol. The summed E-state index contributed by atoms with van der Waals surface area (Å²) in [5.41, 5.74) is 13.1. The molecule has 0 unspecified atom stereocenters. The smallest absolute Gasteiger partial charge is 0.138 e. The average molecular weight is 759 g/mol. The normalized spacial score (nSPS) is 11.8. The van der Waals surface area contributed by atoms with Crippen LogP contribution in [0.2, 0.25) is 0 Å². The quantitative estimate of drug-likeness (QED) is 0.168. The van der Waals surface area contributed by atoms with Crippen LogP contribution >= 0.6 is 11.3 Å². The number of rotatable bonds is 6. The summed E-state index contributed by atoms with van der Waals surface area (Å²) in [4.78, 5) is 2.37. The van der Waals surface area contributed by atoms with Gasteiger partial charge in [0.15, 0.2) is 0 Å². The Bertz CT molecular complexity index is 3490. The molecule has 0 amide bonds. The van der Waals surface area contributed by atoms with Crippen molar-refractivity contribution in [3.63, 3.8) is 0 Å². The fourth-order valence-electron chi connectivity index (χ4n) is 8.99. The van der Waals surface area contributed by atoms with Crippen molar-refractivity contribution in [2.75, 3.05) is 4.90 Å². The first-order valence-electron chi connectivity index (χ1n) is 19.7. The molecule has 0 N–H and O–H groups in total. The highest BCUT2D eigenvalue weighted by Gasteiger charge is 2.24. The lowest BCUT2D eigenvalue weighted by molar-refractivity contribution is 0.669.